The average Bonchev–Trinajstić information content (AvgIpc) is 2.57. The molecule has 0 radical (unpaired) electrons. The first-order valence-electron chi connectivity index (χ1n) is 5.26. The van der Waals surface area contributed by atoms with Gasteiger partial charge in [0.2, 0.25) is 5.91 Å². The molecule has 0 bridgehead atoms. The van der Waals surface area contributed by atoms with E-state index in [2.05, 4.69) is 22.9 Å². The number of carbonyl (C=O) groups excluding carboxylic acids is 1. The molecule has 2 aliphatic heterocycles. The van der Waals surface area contributed by atoms with Gasteiger partial charge in [-0.2, -0.15) is 0 Å². The Labute approximate surface area is 92.9 Å². The van der Waals surface area contributed by atoms with Crippen molar-refractivity contribution in [3.05, 3.63) is 0 Å². The van der Waals surface area contributed by atoms with Crippen LogP contribution in [0.15, 0.2) is 0 Å². The van der Waals surface area contributed by atoms with Crippen LogP contribution in [0.5, 0.6) is 0 Å². The monoisotopic (exact) mass is 261 g/mol. The average molecular weight is 262 g/mol. The Balaban J connectivity index is 2.05. The number of carbonyl (C=O) groups is 1. The molecule has 3 unspecified atom stereocenters. The predicted octanol–water partition coefficient (Wildman–Crippen LogP) is 1.55. The Kier molecular flexibility index (Phi) is 3.12. The maximum absolute atomic E-state index is 11.9. The number of likely N-dealkylation sites (tertiary alicyclic amines) is 1. The number of rotatable bonds is 1. The molecule has 0 aromatic rings. The van der Waals surface area contributed by atoms with Crippen LogP contribution in [0.3, 0.4) is 0 Å². The van der Waals surface area contributed by atoms with E-state index in [-0.39, 0.29) is 16.8 Å². The van der Waals surface area contributed by atoms with Gasteiger partial charge in [-0.3, -0.25) is 4.79 Å². The fourth-order valence-electron chi connectivity index (χ4n) is 2.31. The summed E-state index contributed by atoms with van der Waals surface area (Å²) < 4.78 is 5.49. The van der Waals surface area contributed by atoms with Crippen molar-refractivity contribution in [1.29, 1.82) is 0 Å². The lowest BCUT2D eigenvalue weighted by Gasteiger charge is -2.35. The number of nitrogens with zero attached hydrogens (tertiary/aromatic N) is 1. The van der Waals surface area contributed by atoms with E-state index in [1.54, 1.807) is 0 Å². The summed E-state index contributed by atoms with van der Waals surface area (Å²) in [4.78, 5) is 13.9. The van der Waals surface area contributed by atoms with Crippen LogP contribution in [0.2, 0.25) is 0 Å². The molecule has 3 atom stereocenters. The van der Waals surface area contributed by atoms with Crippen molar-refractivity contribution in [2.75, 3.05) is 13.2 Å². The summed E-state index contributed by atoms with van der Waals surface area (Å²) in [5.74, 6) is 0.249. The van der Waals surface area contributed by atoms with Crippen molar-refractivity contribution in [3.63, 3.8) is 0 Å². The molecule has 0 spiro atoms. The zero-order valence-corrected chi connectivity index (χ0v) is 10.00. The quantitative estimate of drug-likeness (QED) is 0.671. The molecule has 3 nitrogen and oxygen atoms in total. The molecule has 0 saturated carbocycles. The van der Waals surface area contributed by atoms with Gasteiger partial charge in [0.15, 0.2) is 0 Å². The fraction of sp³-hybridized carbons (Fsp3) is 0.900. The molecule has 0 N–H and O–H groups in total. The van der Waals surface area contributed by atoms with Gasteiger partial charge in [0.25, 0.3) is 0 Å². The minimum atomic E-state index is 0.0315. The number of hydrogen-bond donors (Lipinski definition) is 0. The van der Waals surface area contributed by atoms with Crippen molar-refractivity contribution in [1.82, 2.24) is 4.90 Å². The van der Waals surface area contributed by atoms with Gasteiger partial charge in [0, 0.05) is 13.2 Å². The first-order chi connectivity index (χ1) is 6.70. The lowest BCUT2D eigenvalue weighted by Crippen LogP contribution is -2.50. The Bertz CT molecular complexity index is 234. The van der Waals surface area contributed by atoms with Crippen molar-refractivity contribution >= 4 is 21.8 Å². The number of piperidine rings is 1. The molecular weight excluding hydrogens is 246 g/mol. The van der Waals surface area contributed by atoms with Crippen LogP contribution >= 0.6 is 15.9 Å². The fourth-order valence-corrected chi connectivity index (χ4v) is 2.90. The van der Waals surface area contributed by atoms with E-state index in [0.29, 0.717) is 6.04 Å². The zero-order chi connectivity index (χ0) is 10.1. The second kappa shape index (κ2) is 4.19. The lowest BCUT2D eigenvalue weighted by atomic mass is 10.0. The summed E-state index contributed by atoms with van der Waals surface area (Å²) in [5.41, 5.74) is 0. The topological polar surface area (TPSA) is 29.5 Å². The van der Waals surface area contributed by atoms with Crippen molar-refractivity contribution in [2.45, 2.75) is 43.2 Å². The maximum atomic E-state index is 11.9. The summed E-state index contributed by atoms with van der Waals surface area (Å²) in [6.07, 6.45) is 3.27. The summed E-state index contributed by atoms with van der Waals surface area (Å²) in [6, 6.07) is 0.308. The Hall–Kier alpha value is -0.0900. The molecule has 0 aromatic carbocycles. The van der Waals surface area contributed by atoms with Crippen molar-refractivity contribution < 1.29 is 9.53 Å². The minimum Gasteiger partial charge on any atom is -0.376 e. The van der Waals surface area contributed by atoms with Gasteiger partial charge in [-0.1, -0.05) is 15.9 Å². The molecule has 2 aliphatic rings. The normalized spacial score (nSPS) is 39.1. The smallest absolute Gasteiger partial charge is 0.236 e. The number of hydrogen-bond acceptors (Lipinski definition) is 2. The molecule has 4 heteroatoms. The highest BCUT2D eigenvalue weighted by atomic mass is 79.9. The highest BCUT2D eigenvalue weighted by Gasteiger charge is 2.36. The van der Waals surface area contributed by atoms with Crippen LogP contribution in [0.4, 0.5) is 0 Å². The van der Waals surface area contributed by atoms with Gasteiger partial charge in [-0.05, 0) is 26.2 Å². The van der Waals surface area contributed by atoms with Crippen LogP contribution in [0.25, 0.3) is 0 Å². The summed E-state index contributed by atoms with van der Waals surface area (Å²) in [6.45, 7) is 3.75. The maximum Gasteiger partial charge on any atom is 0.236 e. The van der Waals surface area contributed by atoms with E-state index in [1.807, 2.05) is 4.90 Å². The molecular formula is C10H16BrNO2. The highest BCUT2D eigenvalue weighted by Crippen LogP contribution is 2.26. The number of ether oxygens (including phenoxy) is 1. The number of amides is 1. The predicted molar refractivity (Wildman–Crippen MR) is 57.5 cm³/mol. The summed E-state index contributed by atoms with van der Waals surface area (Å²) in [7, 11) is 0. The molecule has 2 fully saturated rings. The zero-order valence-electron chi connectivity index (χ0n) is 8.41. The second-order valence-corrected chi connectivity index (χ2v) is 5.18. The lowest BCUT2D eigenvalue weighted by molar-refractivity contribution is -0.136. The van der Waals surface area contributed by atoms with Gasteiger partial charge < -0.3 is 9.64 Å². The summed E-state index contributed by atoms with van der Waals surface area (Å²) >= 11 is 3.43. The standard InChI is InChI=1S/C10H16BrNO2/c1-7-9(4-6-14-7)12-5-2-3-8(11)10(12)13/h7-9H,2-6H2,1H3. The van der Waals surface area contributed by atoms with Gasteiger partial charge in [0.05, 0.1) is 17.0 Å². The van der Waals surface area contributed by atoms with Crippen molar-refractivity contribution in [2.24, 2.45) is 0 Å². The van der Waals surface area contributed by atoms with Crippen LogP contribution in [0, 0.1) is 0 Å². The van der Waals surface area contributed by atoms with E-state index in [9.17, 15) is 4.79 Å². The van der Waals surface area contributed by atoms with Crippen LogP contribution in [-0.2, 0) is 9.53 Å². The van der Waals surface area contributed by atoms with E-state index in [1.165, 1.54) is 0 Å². The Morgan fingerprint density at radius 3 is 2.93 bits per heavy atom. The highest BCUT2D eigenvalue weighted by molar-refractivity contribution is 9.10. The molecule has 80 valence electrons. The van der Waals surface area contributed by atoms with Gasteiger partial charge in [0.1, 0.15) is 0 Å². The molecule has 2 heterocycles. The Morgan fingerprint density at radius 1 is 1.50 bits per heavy atom. The van der Waals surface area contributed by atoms with E-state index >= 15 is 0 Å². The first-order valence-corrected chi connectivity index (χ1v) is 6.18. The van der Waals surface area contributed by atoms with Crippen LogP contribution < -0.4 is 0 Å². The van der Waals surface area contributed by atoms with E-state index in [4.69, 9.17) is 4.74 Å². The van der Waals surface area contributed by atoms with Gasteiger partial charge in [-0.15, -0.1) is 0 Å². The number of alkyl halides is 1. The third-order valence-electron chi connectivity index (χ3n) is 3.14. The first kappa shape index (κ1) is 10.4. The molecule has 2 rings (SSSR count). The molecule has 0 aliphatic carbocycles. The van der Waals surface area contributed by atoms with Gasteiger partial charge in [-0.25, -0.2) is 0 Å². The third-order valence-corrected chi connectivity index (χ3v) is 3.99. The summed E-state index contributed by atoms with van der Waals surface area (Å²) in [5, 5.41) is 0. The molecule has 1 amide bonds. The second-order valence-electron chi connectivity index (χ2n) is 4.07. The molecule has 14 heavy (non-hydrogen) atoms. The van der Waals surface area contributed by atoms with Gasteiger partial charge >= 0.3 is 0 Å². The van der Waals surface area contributed by atoms with E-state index in [0.717, 1.165) is 32.4 Å². The van der Waals surface area contributed by atoms with Crippen LogP contribution in [0.1, 0.15) is 26.2 Å². The Morgan fingerprint density at radius 2 is 2.29 bits per heavy atom. The molecule has 2 saturated heterocycles. The number of halogens is 1. The third kappa shape index (κ3) is 1.82. The minimum absolute atomic E-state index is 0.0315. The SMILES string of the molecule is CC1OCCC1N1CCCC(Br)C1=O. The van der Waals surface area contributed by atoms with Crippen molar-refractivity contribution in [3.8, 4) is 0 Å². The largest absolute Gasteiger partial charge is 0.376 e. The van der Waals surface area contributed by atoms with E-state index < -0.39 is 0 Å². The molecule has 0 aromatic heterocycles. The van der Waals surface area contributed by atoms with Crippen LogP contribution in [-0.4, -0.2) is 40.9 Å².